The number of quaternary nitrogens is 1. The van der Waals surface area contributed by atoms with Crippen molar-refractivity contribution in [2.75, 3.05) is 19.3 Å². The number of nitrogens with two attached hydrogens (primary N) is 1. The van der Waals surface area contributed by atoms with Crippen molar-refractivity contribution in [2.45, 2.75) is 18.0 Å². The van der Waals surface area contributed by atoms with Crippen molar-refractivity contribution in [3.8, 4) is 6.07 Å². The molecule has 2 rings (SSSR count). The number of aromatic nitrogens is 1. The van der Waals surface area contributed by atoms with Gasteiger partial charge < -0.3 is 10.6 Å². The van der Waals surface area contributed by atoms with Gasteiger partial charge in [-0.15, -0.1) is 0 Å². The van der Waals surface area contributed by atoms with Gasteiger partial charge in [-0.25, -0.2) is 4.98 Å². The minimum atomic E-state index is -0.376. The van der Waals surface area contributed by atoms with Crippen LogP contribution in [0.15, 0.2) is 11.1 Å². The van der Waals surface area contributed by atoms with Gasteiger partial charge in [-0.3, -0.25) is 4.79 Å². The van der Waals surface area contributed by atoms with E-state index in [2.05, 4.69) is 18.1 Å². The van der Waals surface area contributed by atoms with E-state index >= 15 is 0 Å². The number of thioether (sulfide) groups is 1. The SMILES string of the molecule is C[NH+]1CCc2[nH+]c(SCC(N)=O)c(C#N)cc2C1. The summed E-state index contributed by atoms with van der Waals surface area (Å²) in [5.41, 5.74) is 8.09. The number of primary amides is 1. The molecule has 0 spiro atoms. The first-order chi connectivity index (χ1) is 8.60. The highest BCUT2D eigenvalue weighted by Crippen LogP contribution is 2.20. The quantitative estimate of drug-likeness (QED) is 0.653. The van der Waals surface area contributed by atoms with Crippen LogP contribution in [0.5, 0.6) is 0 Å². The van der Waals surface area contributed by atoms with Crippen LogP contribution in [0.2, 0.25) is 0 Å². The standard InChI is InChI=1S/C12H14N4OS/c1-16-3-2-10-9(6-16)4-8(5-13)12(15-10)18-7-11(14)17/h4H,2-3,6-7H2,1H3,(H2,14,17)/p+2. The van der Waals surface area contributed by atoms with Gasteiger partial charge in [-0.05, 0) is 17.8 Å². The summed E-state index contributed by atoms with van der Waals surface area (Å²) in [5, 5.41) is 9.89. The Morgan fingerprint density at radius 2 is 2.50 bits per heavy atom. The summed E-state index contributed by atoms with van der Waals surface area (Å²) in [7, 11) is 2.14. The highest BCUT2D eigenvalue weighted by molar-refractivity contribution is 7.99. The Kier molecular flexibility index (Phi) is 3.84. The molecule has 1 aliphatic heterocycles. The molecule has 0 aliphatic carbocycles. The van der Waals surface area contributed by atoms with E-state index in [1.807, 2.05) is 6.07 Å². The lowest BCUT2D eigenvalue weighted by Crippen LogP contribution is -3.08. The molecular weight excluding hydrogens is 248 g/mol. The number of likely N-dealkylation sites (N-methyl/N-ethyl adjacent to an activating group) is 1. The van der Waals surface area contributed by atoms with Crippen molar-refractivity contribution in [3.05, 3.63) is 22.9 Å². The first kappa shape index (κ1) is 12.9. The lowest BCUT2D eigenvalue weighted by atomic mass is 10.0. The Hall–Kier alpha value is -1.58. The number of pyridine rings is 1. The van der Waals surface area contributed by atoms with Crippen molar-refractivity contribution in [1.82, 2.24) is 0 Å². The van der Waals surface area contributed by atoms with Crippen LogP contribution in [0.3, 0.4) is 0 Å². The lowest BCUT2D eigenvalue weighted by Gasteiger charge is -2.19. The zero-order valence-electron chi connectivity index (χ0n) is 10.2. The molecule has 1 aromatic heterocycles. The number of carbonyl (C=O) groups is 1. The predicted octanol–water partition coefficient (Wildman–Crippen LogP) is -1.48. The van der Waals surface area contributed by atoms with E-state index in [1.54, 1.807) is 0 Å². The van der Waals surface area contributed by atoms with Crippen LogP contribution in [-0.2, 0) is 17.8 Å². The van der Waals surface area contributed by atoms with Crippen LogP contribution in [0, 0.1) is 11.3 Å². The summed E-state index contributed by atoms with van der Waals surface area (Å²) in [5.74, 6) is -0.186. The Labute approximate surface area is 110 Å². The monoisotopic (exact) mass is 264 g/mol. The lowest BCUT2D eigenvalue weighted by molar-refractivity contribution is -0.897. The van der Waals surface area contributed by atoms with Crippen LogP contribution in [0.1, 0.15) is 16.8 Å². The maximum Gasteiger partial charge on any atom is 0.257 e. The number of hydrogen-bond acceptors (Lipinski definition) is 3. The molecule has 0 aromatic carbocycles. The summed E-state index contributed by atoms with van der Waals surface area (Å²) in [6, 6.07) is 4.10. The number of H-pyrrole nitrogens is 1. The molecule has 1 aromatic rings. The topological polar surface area (TPSA) is 85.5 Å². The molecular formula is C12H16N4OS+2. The molecule has 2 heterocycles. The number of hydrogen-bond donors (Lipinski definition) is 2. The maximum absolute atomic E-state index is 10.8. The van der Waals surface area contributed by atoms with Gasteiger partial charge in [-0.1, -0.05) is 0 Å². The number of rotatable bonds is 3. The molecule has 5 nitrogen and oxygen atoms in total. The summed E-state index contributed by atoms with van der Waals surface area (Å²) in [6.45, 7) is 2.01. The van der Waals surface area contributed by atoms with Gasteiger partial charge in [0.1, 0.15) is 18.2 Å². The van der Waals surface area contributed by atoms with Gasteiger partial charge >= 0.3 is 0 Å². The summed E-state index contributed by atoms with van der Waals surface area (Å²) >= 11 is 1.29. The highest BCUT2D eigenvalue weighted by Gasteiger charge is 2.25. The number of nitrogens with one attached hydrogen (secondary N) is 2. The molecule has 6 heteroatoms. The second-order valence-electron chi connectivity index (χ2n) is 4.52. The van der Waals surface area contributed by atoms with Gasteiger partial charge in [0.05, 0.1) is 31.3 Å². The largest absolute Gasteiger partial charge is 0.369 e. The van der Waals surface area contributed by atoms with Crippen LogP contribution < -0.4 is 15.6 Å². The zero-order valence-corrected chi connectivity index (χ0v) is 11.1. The maximum atomic E-state index is 10.8. The van der Waals surface area contributed by atoms with Crippen molar-refractivity contribution in [3.63, 3.8) is 0 Å². The Morgan fingerprint density at radius 1 is 1.72 bits per heavy atom. The molecule has 18 heavy (non-hydrogen) atoms. The van der Waals surface area contributed by atoms with E-state index in [1.165, 1.54) is 27.9 Å². The molecule has 0 saturated heterocycles. The Balaban J connectivity index is 2.30. The first-order valence-corrected chi connectivity index (χ1v) is 6.79. The van der Waals surface area contributed by atoms with Crippen LogP contribution in [0.4, 0.5) is 0 Å². The van der Waals surface area contributed by atoms with Crippen LogP contribution >= 0.6 is 11.8 Å². The fourth-order valence-corrected chi connectivity index (χ4v) is 2.83. The van der Waals surface area contributed by atoms with Gasteiger partial charge in [-0.2, -0.15) is 5.26 Å². The second-order valence-corrected chi connectivity index (χ2v) is 5.50. The summed E-state index contributed by atoms with van der Waals surface area (Å²) in [6.07, 6.45) is 0.969. The second kappa shape index (κ2) is 5.38. The third-order valence-corrected chi connectivity index (χ3v) is 4.03. The summed E-state index contributed by atoms with van der Waals surface area (Å²) in [4.78, 5) is 15.5. The van der Waals surface area contributed by atoms with E-state index in [-0.39, 0.29) is 11.7 Å². The molecule has 1 aliphatic rings. The fraction of sp³-hybridized carbons (Fsp3) is 0.417. The average Bonchev–Trinajstić information content (AvgIpc) is 2.35. The highest BCUT2D eigenvalue weighted by atomic mass is 32.2. The molecule has 0 saturated carbocycles. The van der Waals surface area contributed by atoms with Gasteiger partial charge in [0.2, 0.25) is 5.91 Å². The molecule has 1 unspecified atom stereocenters. The minimum Gasteiger partial charge on any atom is -0.369 e. The van der Waals surface area contributed by atoms with Crippen LogP contribution in [-0.4, -0.2) is 25.3 Å². The first-order valence-electron chi connectivity index (χ1n) is 5.80. The number of carbonyl (C=O) groups excluding carboxylic acids is 1. The number of nitriles is 1. The van der Waals surface area contributed by atoms with Crippen LogP contribution in [0.25, 0.3) is 0 Å². The van der Waals surface area contributed by atoms with Crippen molar-refractivity contribution in [1.29, 1.82) is 5.26 Å². The minimum absolute atomic E-state index is 0.190. The van der Waals surface area contributed by atoms with E-state index in [4.69, 9.17) is 11.0 Å². The van der Waals surface area contributed by atoms with E-state index in [0.29, 0.717) is 5.56 Å². The Bertz CT molecular complexity index is 524. The van der Waals surface area contributed by atoms with E-state index in [0.717, 1.165) is 24.5 Å². The van der Waals surface area contributed by atoms with Gasteiger partial charge in [0.15, 0.2) is 5.69 Å². The number of aromatic amines is 1. The third kappa shape index (κ3) is 2.81. The molecule has 94 valence electrons. The predicted molar refractivity (Wildman–Crippen MR) is 66.8 cm³/mol. The zero-order chi connectivity index (χ0) is 13.1. The molecule has 0 radical (unpaired) electrons. The van der Waals surface area contributed by atoms with E-state index < -0.39 is 0 Å². The number of nitrogens with zero attached hydrogens (tertiary/aromatic N) is 1. The molecule has 0 bridgehead atoms. The van der Waals surface area contributed by atoms with Gasteiger partial charge in [0.25, 0.3) is 5.03 Å². The molecule has 0 fully saturated rings. The number of amides is 1. The average molecular weight is 264 g/mol. The van der Waals surface area contributed by atoms with E-state index in [9.17, 15) is 4.79 Å². The smallest absolute Gasteiger partial charge is 0.257 e. The Morgan fingerprint density at radius 3 is 3.17 bits per heavy atom. The number of fused-ring (bicyclic) bond motifs is 1. The van der Waals surface area contributed by atoms with Gasteiger partial charge in [0, 0.05) is 0 Å². The third-order valence-electron chi connectivity index (χ3n) is 2.99. The normalized spacial score (nSPS) is 17.9. The van der Waals surface area contributed by atoms with Crippen molar-refractivity contribution >= 4 is 17.7 Å². The molecule has 4 N–H and O–H groups in total. The molecule has 1 atom stereocenters. The van der Waals surface area contributed by atoms with Crippen molar-refractivity contribution in [2.24, 2.45) is 5.73 Å². The van der Waals surface area contributed by atoms with Crippen molar-refractivity contribution < 1.29 is 14.7 Å². The fourth-order valence-electron chi connectivity index (χ4n) is 2.08. The summed E-state index contributed by atoms with van der Waals surface area (Å²) < 4.78 is 0. The molecule has 1 amide bonds.